The van der Waals surface area contributed by atoms with Crippen LogP contribution in [-0.2, 0) is 12.4 Å². The van der Waals surface area contributed by atoms with Crippen molar-refractivity contribution in [3.63, 3.8) is 0 Å². The molecule has 0 aliphatic heterocycles. The minimum absolute atomic E-state index is 0.0140. The Labute approximate surface area is 400 Å². The van der Waals surface area contributed by atoms with E-state index in [4.69, 9.17) is 15.3 Å². The molecule has 0 aliphatic carbocycles. The van der Waals surface area contributed by atoms with Gasteiger partial charge < -0.3 is 20.7 Å². The van der Waals surface area contributed by atoms with Gasteiger partial charge in [-0.05, 0) is 146 Å². The minimum Gasteiger partial charge on any atom is -0.411 e. The predicted octanol–water partition coefficient (Wildman–Crippen LogP) is 11.3. The van der Waals surface area contributed by atoms with Gasteiger partial charge in [0.25, 0.3) is 11.8 Å². The maximum atomic E-state index is 14.1. The number of anilines is 2. The number of hydrogen-bond donors (Lipinski definition) is 3. The second-order valence-electron chi connectivity index (χ2n) is 13.6. The molecule has 0 bridgehead atoms. The first kappa shape index (κ1) is 52.6. The van der Waals surface area contributed by atoms with Gasteiger partial charge in [-0.3, -0.25) is 9.59 Å². The van der Waals surface area contributed by atoms with Crippen LogP contribution in [0.3, 0.4) is 0 Å². The van der Waals surface area contributed by atoms with Crippen molar-refractivity contribution in [1.82, 2.24) is 19.6 Å². The third kappa shape index (κ3) is 14.2. The number of halogens is 11. The lowest BCUT2D eigenvalue weighted by atomic mass is 10.2. The van der Waals surface area contributed by atoms with E-state index < -0.39 is 70.0 Å². The summed E-state index contributed by atoms with van der Waals surface area (Å²) in [6.45, 7) is 6.79. The first-order chi connectivity index (χ1) is 31.4. The highest BCUT2D eigenvalue weighted by Gasteiger charge is 2.37. The Morgan fingerprint density at radius 2 is 1.06 bits per heavy atom. The molecule has 2 amide bonds. The van der Waals surface area contributed by atoms with Crippen LogP contribution in [0, 0.1) is 47.3 Å². The Hall–Kier alpha value is -7.01. The first-order valence-electron chi connectivity index (χ1n) is 18.3. The molecule has 6 aromatic rings. The Morgan fingerprint density at radius 3 is 1.43 bits per heavy atom. The third-order valence-electron chi connectivity index (χ3n) is 7.99. The van der Waals surface area contributed by atoms with E-state index in [1.165, 1.54) is 42.5 Å². The molecule has 2 heterocycles. The van der Waals surface area contributed by atoms with Gasteiger partial charge in [0.2, 0.25) is 0 Å². The fraction of sp³-hybridized carbons (Fsp3) is 0.143. The Morgan fingerprint density at radius 1 is 0.642 bits per heavy atom. The maximum absolute atomic E-state index is 14.1. The van der Waals surface area contributed by atoms with Gasteiger partial charge in [-0.15, -0.1) is 0 Å². The highest BCUT2D eigenvalue weighted by atomic mass is 127. The predicted molar refractivity (Wildman–Crippen MR) is 241 cm³/mol. The number of carbonyl (C=O) groups excluding carboxylic acids is 2. The summed E-state index contributed by atoms with van der Waals surface area (Å²) in [5, 5.41) is 43.9. The number of nitriles is 2. The van der Waals surface area contributed by atoms with Crippen molar-refractivity contribution in [2.75, 3.05) is 10.6 Å². The summed E-state index contributed by atoms with van der Waals surface area (Å²) in [6.07, 6.45) is -9.71. The van der Waals surface area contributed by atoms with Crippen LogP contribution in [0.25, 0.3) is 11.4 Å². The van der Waals surface area contributed by atoms with Gasteiger partial charge in [-0.25, -0.2) is 22.5 Å². The summed E-state index contributed by atoms with van der Waals surface area (Å²) < 4.78 is 123. The molecule has 0 fully saturated rings. The van der Waals surface area contributed by atoms with Gasteiger partial charge in [-0.1, -0.05) is 10.3 Å². The molecule has 14 nitrogen and oxygen atoms in total. The van der Waals surface area contributed by atoms with E-state index in [2.05, 4.69) is 31.1 Å². The lowest BCUT2D eigenvalue weighted by Gasteiger charge is -2.10. The average molecular weight is 1160 g/mol. The molecule has 4 aromatic carbocycles. The van der Waals surface area contributed by atoms with Crippen molar-refractivity contribution in [2.24, 2.45) is 10.3 Å². The first-order valence-corrected chi connectivity index (χ1v) is 20.5. The van der Waals surface area contributed by atoms with Gasteiger partial charge in [0.1, 0.15) is 41.0 Å². The molecular weight excluding hydrogens is 1130 g/mol. The van der Waals surface area contributed by atoms with Crippen LogP contribution in [0.2, 0.25) is 0 Å². The molecule has 0 atom stereocenters. The van der Waals surface area contributed by atoms with Crippen molar-refractivity contribution in [2.45, 2.75) is 40.0 Å². The van der Waals surface area contributed by atoms with Crippen LogP contribution in [0.4, 0.5) is 50.9 Å². The molecule has 3 N–H and O–H groups in total. The van der Waals surface area contributed by atoms with Gasteiger partial charge in [-0.2, -0.15) is 47.1 Å². The van der Waals surface area contributed by atoms with Crippen LogP contribution in [-0.4, -0.2) is 48.0 Å². The average Bonchev–Trinajstić information content (AvgIpc) is 3.93. The molecule has 0 spiro atoms. The lowest BCUT2D eigenvalue weighted by Crippen LogP contribution is -2.18. The highest BCUT2D eigenvalue weighted by Crippen LogP contribution is 2.33. The number of nitrogens with zero attached hydrogens (tertiary/aromatic N) is 8. The second kappa shape index (κ2) is 22.5. The Balaban J connectivity index is 0.000000267. The van der Waals surface area contributed by atoms with E-state index in [-0.39, 0.29) is 34.1 Å². The van der Waals surface area contributed by atoms with Crippen LogP contribution >= 0.6 is 45.2 Å². The molecule has 6 rings (SSSR count). The molecule has 67 heavy (non-hydrogen) atoms. The SMILES string of the molecule is CC(C)=NO.CC(C)=NOc1ccc(-n2nc(C(F)(F)F)cc2C(=O)Nc2ccc(I)cc2F)cc1C#N.N#Cc1cc(-n2nc(C(F)(F)F)cc2C(=O)Nc2ccc(I)cc2F)ccc1F. The molecule has 2 aromatic heterocycles. The fourth-order valence-corrected chi connectivity index (χ4v) is 5.91. The zero-order chi connectivity index (χ0) is 50.0. The molecule has 0 aliphatic rings. The number of aromatic nitrogens is 4. The number of rotatable bonds is 8. The van der Waals surface area contributed by atoms with Gasteiger partial charge in [0.15, 0.2) is 17.1 Å². The van der Waals surface area contributed by atoms with Crippen molar-refractivity contribution in [3.05, 3.63) is 143 Å². The lowest BCUT2D eigenvalue weighted by molar-refractivity contribution is -0.142. The topological polar surface area (TPSA) is 196 Å². The summed E-state index contributed by atoms with van der Waals surface area (Å²) >= 11 is 3.73. The summed E-state index contributed by atoms with van der Waals surface area (Å²) in [6, 6.07) is 19.0. The van der Waals surface area contributed by atoms with E-state index in [1.807, 2.05) is 51.3 Å². The van der Waals surface area contributed by atoms with Crippen molar-refractivity contribution in [3.8, 4) is 29.3 Å². The van der Waals surface area contributed by atoms with E-state index in [0.29, 0.717) is 35.4 Å². The number of nitrogens with one attached hydrogen (secondary N) is 2. The largest absolute Gasteiger partial charge is 0.435 e. The van der Waals surface area contributed by atoms with Gasteiger partial charge >= 0.3 is 12.4 Å². The summed E-state index contributed by atoms with van der Waals surface area (Å²) in [5.41, 5.74) is -3.65. The minimum atomic E-state index is -4.87. The Bertz CT molecular complexity index is 2960. The van der Waals surface area contributed by atoms with Crippen LogP contribution in [0.15, 0.2) is 95.2 Å². The fourth-order valence-electron chi connectivity index (χ4n) is 5.00. The van der Waals surface area contributed by atoms with E-state index in [0.717, 1.165) is 35.0 Å². The normalized spacial score (nSPS) is 10.8. The molecule has 0 unspecified atom stereocenters. The van der Waals surface area contributed by atoms with E-state index in [1.54, 1.807) is 33.8 Å². The van der Waals surface area contributed by atoms with Crippen molar-refractivity contribution >= 4 is 79.8 Å². The number of hydrogen-bond acceptors (Lipinski definition) is 10. The van der Waals surface area contributed by atoms with E-state index >= 15 is 0 Å². The van der Waals surface area contributed by atoms with Crippen LogP contribution in [0.5, 0.6) is 5.75 Å². The number of carbonyl (C=O) groups is 2. The van der Waals surface area contributed by atoms with Gasteiger partial charge in [0.05, 0.1) is 45.3 Å². The molecule has 25 heteroatoms. The molecule has 0 saturated heterocycles. The number of amides is 2. The molecule has 348 valence electrons. The second-order valence-corrected chi connectivity index (χ2v) is 16.0. The number of alkyl halides is 6. The van der Waals surface area contributed by atoms with Crippen LogP contribution < -0.4 is 15.5 Å². The zero-order valence-electron chi connectivity index (χ0n) is 34.5. The molecular formula is C42H29F9I2N10O4. The van der Waals surface area contributed by atoms with Gasteiger partial charge in [0, 0.05) is 19.3 Å². The third-order valence-corrected chi connectivity index (χ3v) is 9.34. The smallest absolute Gasteiger partial charge is 0.411 e. The maximum Gasteiger partial charge on any atom is 0.435 e. The van der Waals surface area contributed by atoms with E-state index in [9.17, 15) is 54.4 Å². The highest BCUT2D eigenvalue weighted by molar-refractivity contribution is 14.1. The monoisotopic (exact) mass is 1160 g/mol. The summed E-state index contributed by atoms with van der Waals surface area (Å²) in [5.74, 6) is -4.44. The van der Waals surface area contributed by atoms with Crippen LogP contribution in [0.1, 0.15) is 71.2 Å². The number of benzene rings is 4. The van der Waals surface area contributed by atoms with Crippen molar-refractivity contribution in [1.29, 1.82) is 10.5 Å². The summed E-state index contributed by atoms with van der Waals surface area (Å²) in [7, 11) is 0. The zero-order valence-corrected chi connectivity index (χ0v) is 38.8. The quantitative estimate of drug-likeness (QED) is 0.0440. The molecule has 0 radical (unpaired) electrons. The Kier molecular flexibility index (Phi) is 17.6. The number of oxime groups is 2. The summed E-state index contributed by atoms with van der Waals surface area (Å²) in [4.78, 5) is 30.5. The molecule has 0 saturated carbocycles. The standard InChI is InChI=1S/C21H14F4IN5O2.C18H8F5IN4O.C3H7NO/c1-11(2)30-33-18-6-4-14(7-12(18)10-27)31-17(9-19(29-31)21(23,24)25)20(32)28-16-5-3-13(26)8-15(16)22;19-12-3-2-11(5-9(12)8-25)28-15(7-16(27-28)18(21,22)23)17(29)26-14-4-1-10(24)6-13(14)20;1-3(2)4-5/h3-9H,1-2H3,(H,28,32);1-7H,(H,26,29);5H,1-2H3. The van der Waals surface area contributed by atoms with Crippen molar-refractivity contribution < 1.29 is 59.1 Å².